The zero-order chi connectivity index (χ0) is 15.8. The van der Waals surface area contributed by atoms with Gasteiger partial charge in [0.05, 0.1) is 0 Å². The highest BCUT2D eigenvalue weighted by Gasteiger charge is 2.38. The van der Waals surface area contributed by atoms with E-state index in [0.29, 0.717) is 0 Å². The number of carbonyl (C=O) groups excluding carboxylic acids is 1. The Hall–Kier alpha value is -1.06. The van der Waals surface area contributed by atoms with Crippen molar-refractivity contribution in [3.05, 3.63) is 34.9 Å². The molecule has 0 atom stereocenters. The van der Waals surface area contributed by atoms with E-state index in [-0.39, 0.29) is 35.4 Å². The minimum absolute atomic E-state index is 0. The van der Waals surface area contributed by atoms with Crippen LogP contribution >= 0.6 is 12.4 Å². The van der Waals surface area contributed by atoms with Crippen LogP contribution in [-0.4, -0.2) is 23.0 Å². The molecule has 1 aliphatic rings. The van der Waals surface area contributed by atoms with E-state index in [1.807, 2.05) is 25.1 Å². The van der Waals surface area contributed by atoms with E-state index in [1.165, 1.54) is 5.56 Å². The number of hydrogen-bond acceptors (Lipinski definition) is 2. The predicted molar refractivity (Wildman–Crippen MR) is 94.9 cm³/mol. The molecule has 2 N–H and O–H groups in total. The van der Waals surface area contributed by atoms with Crippen molar-refractivity contribution >= 4 is 18.3 Å². The van der Waals surface area contributed by atoms with Gasteiger partial charge in [-0.15, -0.1) is 12.4 Å². The monoisotopic (exact) mass is 324 g/mol. The number of nitrogens with one attached hydrogen (secondary N) is 2. The summed E-state index contributed by atoms with van der Waals surface area (Å²) in [6, 6.07) is 6.11. The van der Waals surface area contributed by atoms with Gasteiger partial charge in [-0.2, -0.15) is 0 Å². The average molecular weight is 325 g/mol. The van der Waals surface area contributed by atoms with Crippen molar-refractivity contribution in [1.82, 2.24) is 10.6 Å². The maximum absolute atomic E-state index is 12.5. The first-order valence-corrected chi connectivity index (χ1v) is 7.75. The quantitative estimate of drug-likeness (QED) is 0.869. The summed E-state index contributed by atoms with van der Waals surface area (Å²) in [5.74, 6) is 0.0385. The first kappa shape index (κ1) is 19.0. The highest BCUT2D eigenvalue weighted by atomic mass is 35.5. The maximum Gasteiger partial charge on any atom is 0.251 e. The Morgan fingerprint density at radius 2 is 1.64 bits per heavy atom. The van der Waals surface area contributed by atoms with Crippen molar-refractivity contribution in [2.45, 2.75) is 71.5 Å². The second kappa shape index (κ2) is 6.59. The van der Waals surface area contributed by atoms with Crippen LogP contribution in [0.25, 0.3) is 0 Å². The van der Waals surface area contributed by atoms with Gasteiger partial charge < -0.3 is 10.6 Å². The van der Waals surface area contributed by atoms with E-state index < -0.39 is 0 Å². The van der Waals surface area contributed by atoms with Crippen LogP contribution in [0.15, 0.2) is 18.2 Å². The van der Waals surface area contributed by atoms with Crippen molar-refractivity contribution in [3.8, 4) is 0 Å². The van der Waals surface area contributed by atoms with Gasteiger partial charge in [0.1, 0.15) is 0 Å². The number of rotatable bonds is 2. The summed E-state index contributed by atoms with van der Waals surface area (Å²) in [7, 11) is 0. The molecule has 1 saturated heterocycles. The van der Waals surface area contributed by atoms with Gasteiger partial charge in [0, 0.05) is 22.7 Å². The highest BCUT2D eigenvalue weighted by Crippen LogP contribution is 2.28. The molecule has 0 unspecified atom stereocenters. The Kier molecular flexibility index (Phi) is 5.69. The summed E-state index contributed by atoms with van der Waals surface area (Å²) in [6.07, 6.45) is 1.90. The van der Waals surface area contributed by atoms with Crippen LogP contribution in [0.5, 0.6) is 0 Å². The fraction of sp³-hybridized carbons (Fsp3) is 0.611. The molecule has 0 bridgehead atoms. The molecule has 3 nitrogen and oxygen atoms in total. The SMILES string of the molecule is Cc1ccc(C(=O)NC2CC(C)(C)NC(C)(C)C2)cc1C.Cl. The van der Waals surface area contributed by atoms with Gasteiger partial charge in [-0.1, -0.05) is 6.07 Å². The number of halogens is 1. The van der Waals surface area contributed by atoms with E-state index in [2.05, 4.69) is 45.3 Å². The van der Waals surface area contributed by atoms with Gasteiger partial charge in [0.2, 0.25) is 0 Å². The Bertz CT molecular complexity index is 536. The minimum atomic E-state index is 0. The second-order valence-corrected chi connectivity index (χ2v) is 7.77. The van der Waals surface area contributed by atoms with E-state index in [9.17, 15) is 4.79 Å². The number of carbonyl (C=O) groups is 1. The van der Waals surface area contributed by atoms with Crippen LogP contribution in [0.1, 0.15) is 62.0 Å². The average Bonchev–Trinajstić information content (AvgIpc) is 2.28. The summed E-state index contributed by atoms with van der Waals surface area (Å²) in [5.41, 5.74) is 3.22. The van der Waals surface area contributed by atoms with Crippen molar-refractivity contribution < 1.29 is 4.79 Å². The van der Waals surface area contributed by atoms with Crippen LogP contribution in [-0.2, 0) is 0 Å². The Balaban J connectivity index is 0.00000242. The third-order valence-corrected chi connectivity index (χ3v) is 4.29. The van der Waals surface area contributed by atoms with Crippen molar-refractivity contribution in [2.75, 3.05) is 0 Å². The third-order valence-electron chi connectivity index (χ3n) is 4.29. The summed E-state index contributed by atoms with van der Waals surface area (Å²) in [4.78, 5) is 12.5. The lowest BCUT2D eigenvalue weighted by Gasteiger charge is -2.46. The van der Waals surface area contributed by atoms with Gasteiger partial charge in [-0.05, 0) is 77.6 Å². The zero-order valence-corrected chi connectivity index (χ0v) is 15.4. The van der Waals surface area contributed by atoms with Crippen LogP contribution in [0.4, 0.5) is 0 Å². The molecule has 4 heteroatoms. The Morgan fingerprint density at radius 3 is 2.14 bits per heavy atom. The van der Waals surface area contributed by atoms with E-state index >= 15 is 0 Å². The summed E-state index contributed by atoms with van der Waals surface area (Å²) in [6.45, 7) is 12.9. The molecule has 0 spiro atoms. The third kappa shape index (κ3) is 4.72. The normalized spacial score (nSPS) is 20.1. The summed E-state index contributed by atoms with van der Waals surface area (Å²) < 4.78 is 0. The van der Waals surface area contributed by atoms with E-state index in [4.69, 9.17) is 0 Å². The molecule has 22 heavy (non-hydrogen) atoms. The van der Waals surface area contributed by atoms with Crippen LogP contribution in [0.3, 0.4) is 0 Å². The molecule has 0 aliphatic carbocycles. The molecule has 0 aromatic heterocycles. The van der Waals surface area contributed by atoms with Crippen molar-refractivity contribution in [2.24, 2.45) is 0 Å². The Labute approximate surface area is 140 Å². The molecule has 0 saturated carbocycles. The predicted octanol–water partition coefficient (Wildman–Crippen LogP) is 3.76. The molecule has 1 amide bonds. The fourth-order valence-electron chi connectivity index (χ4n) is 3.58. The number of amides is 1. The standard InChI is InChI=1S/C18H28N2O.ClH/c1-12-7-8-14(9-13(12)2)16(21)19-15-10-17(3,4)20-18(5,6)11-15;/h7-9,15,20H,10-11H2,1-6H3,(H,19,21);1H. The second-order valence-electron chi connectivity index (χ2n) is 7.77. The largest absolute Gasteiger partial charge is 0.349 e. The van der Waals surface area contributed by atoms with Crippen molar-refractivity contribution in [3.63, 3.8) is 0 Å². The molecule has 1 fully saturated rings. The first-order chi connectivity index (χ1) is 9.58. The van der Waals surface area contributed by atoms with Crippen LogP contribution in [0.2, 0.25) is 0 Å². The fourth-order valence-corrected chi connectivity index (χ4v) is 3.58. The van der Waals surface area contributed by atoms with E-state index in [1.54, 1.807) is 0 Å². The molecule has 2 rings (SSSR count). The molecule has 124 valence electrons. The Morgan fingerprint density at radius 1 is 1.09 bits per heavy atom. The molecule has 1 aromatic rings. The first-order valence-electron chi connectivity index (χ1n) is 7.75. The van der Waals surface area contributed by atoms with Gasteiger partial charge in [0.15, 0.2) is 0 Å². The lowest BCUT2D eigenvalue weighted by atomic mass is 9.79. The van der Waals surface area contributed by atoms with Crippen LogP contribution < -0.4 is 10.6 Å². The van der Waals surface area contributed by atoms with E-state index in [0.717, 1.165) is 24.0 Å². The number of benzene rings is 1. The molecular weight excluding hydrogens is 296 g/mol. The summed E-state index contributed by atoms with van der Waals surface area (Å²) in [5, 5.41) is 6.85. The zero-order valence-electron chi connectivity index (χ0n) is 14.5. The molecular formula is C18H29ClN2O. The smallest absolute Gasteiger partial charge is 0.251 e. The lowest BCUT2D eigenvalue weighted by molar-refractivity contribution is 0.0873. The highest BCUT2D eigenvalue weighted by molar-refractivity contribution is 5.94. The van der Waals surface area contributed by atoms with Gasteiger partial charge in [0.25, 0.3) is 5.91 Å². The number of aryl methyl sites for hydroxylation is 2. The minimum Gasteiger partial charge on any atom is -0.349 e. The van der Waals surface area contributed by atoms with Gasteiger partial charge in [-0.25, -0.2) is 0 Å². The summed E-state index contributed by atoms with van der Waals surface area (Å²) >= 11 is 0. The molecule has 1 heterocycles. The molecule has 0 radical (unpaired) electrons. The van der Waals surface area contributed by atoms with Crippen molar-refractivity contribution in [1.29, 1.82) is 0 Å². The maximum atomic E-state index is 12.5. The number of hydrogen-bond donors (Lipinski definition) is 2. The molecule has 1 aromatic carbocycles. The van der Waals surface area contributed by atoms with Gasteiger partial charge >= 0.3 is 0 Å². The number of piperidine rings is 1. The lowest BCUT2D eigenvalue weighted by Crippen LogP contribution is -2.62. The van der Waals surface area contributed by atoms with Crippen LogP contribution in [0, 0.1) is 13.8 Å². The molecule has 1 aliphatic heterocycles. The topological polar surface area (TPSA) is 41.1 Å². The van der Waals surface area contributed by atoms with Gasteiger partial charge in [-0.3, -0.25) is 4.79 Å².